The van der Waals surface area contributed by atoms with E-state index in [1.54, 1.807) is 7.05 Å². The summed E-state index contributed by atoms with van der Waals surface area (Å²) in [4.78, 5) is 0. The lowest BCUT2D eigenvalue weighted by molar-refractivity contribution is 0.184. The van der Waals surface area contributed by atoms with Crippen molar-refractivity contribution in [3.05, 3.63) is 0 Å². The molecule has 0 radical (unpaired) electrons. The average molecular weight is 262 g/mol. The first kappa shape index (κ1) is 17.5. The highest BCUT2D eigenvalue weighted by molar-refractivity contribution is 7.87. The Kier molecular flexibility index (Phi) is 10.9. The fourth-order valence-corrected chi connectivity index (χ4v) is 1.65. The van der Waals surface area contributed by atoms with Crippen LogP contribution in [0.1, 0.15) is 0 Å². The summed E-state index contributed by atoms with van der Waals surface area (Å²) in [6.45, 7) is 1.74. The Morgan fingerprint density at radius 2 is 1.93 bits per heavy atom. The summed E-state index contributed by atoms with van der Waals surface area (Å²) in [5, 5.41) is 2.85. The molecule has 0 aromatic rings. The lowest BCUT2D eigenvalue weighted by Gasteiger charge is -2.16. The topological polar surface area (TPSA) is 70.7 Å². The van der Waals surface area contributed by atoms with Crippen LogP contribution in [-0.2, 0) is 14.9 Å². The van der Waals surface area contributed by atoms with Crippen molar-refractivity contribution in [1.29, 1.82) is 0 Å². The van der Waals surface area contributed by atoms with E-state index in [1.165, 1.54) is 18.5 Å². The van der Waals surface area contributed by atoms with Crippen molar-refractivity contribution < 1.29 is 13.2 Å². The number of halogens is 1. The standard InChI is InChI=1S/C7H19N3O3S.ClH/c1-8-4-5-9-14(11,12)10(2)6-7-13-3;/h8-9H,4-7H2,1-3H3;1H. The van der Waals surface area contributed by atoms with E-state index in [0.29, 0.717) is 26.2 Å². The third kappa shape index (κ3) is 7.95. The summed E-state index contributed by atoms with van der Waals surface area (Å²) in [5.41, 5.74) is 0. The van der Waals surface area contributed by atoms with Crippen molar-refractivity contribution >= 4 is 22.6 Å². The molecule has 0 heterocycles. The number of rotatable bonds is 8. The second-order valence-corrected chi connectivity index (χ2v) is 4.68. The first-order valence-electron chi connectivity index (χ1n) is 4.39. The number of hydrogen-bond acceptors (Lipinski definition) is 4. The van der Waals surface area contributed by atoms with Crippen LogP contribution in [0.25, 0.3) is 0 Å². The zero-order valence-electron chi connectivity index (χ0n) is 9.32. The minimum Gasteiger partial charge on any atom is -0.383 e. The molecule has 0 atom stereocenters. The minimum absolute atomic E-state index is 0. The third-order valence-corrected chi connectivity index (χ3v) is 3.25. The Balaban J connectivity index is 0. The van der Waals surface area contributed by atoms with Crippen molar-refractivity contribution in [3.63, 3.8) is 0 Å². The molecule has 0 rings (SSSR count). The molecule has 0 aliphatic rings. The normalized spacial score (nSPS) is 11.5. The van der Waals surface area contributed by atoms with Gasteiger partial charge in [0.05, 0.1) is 6.61 Å². The van der Waals surface area contributed by atoms with Crippen molar-refractivity contribution in [2.75, 3.05) is 47.4 Å². The lowest BCUT2D eigenvalue weighted by Crippen LogP contribution is -2.41. The van der Waals surface area contributed by atoms with Gasteiger partial charge in [0.15, 0.2) is 0 Å². The van der Waals surface area contributed by atoms with Crippen LogP contribution in [0, 0.1) is 0 Å². The lowest BCUT2D eigenvalue weighted by atomic mass is 10.7. The molecule has 0 unspecified atom stereocenters. The van der Waals surface area contributed by atoms with Gasteiger partial charge in [-0.2, -0.15) is 12.7 Å². The van der Waals surface area contributed by atoms with Crippen LogP contribution in [0.15, 0.2) is 0 Å². The van der Waals surface area contributed by atoms with Gasteiger partial charge in [-0.05, 0) is 7.05 Å². The van der Waals surface area contributed by atoms with Gasteiger partial charge < -0.3 is 10.1 Å². The molecule has 0 bridgehead atoms. The molecule has 0 saturated carbocycles. The van der Waals surface area contributed by atoms with Crippen molar-refractivity contribution in [2.45, 2.75) is 0 Å². The van der Waals surface area contributed by atoms with E-state index in [2.05, 4.69) is 10.0 Å². The molecule has 8 heteroatoms. The Hall–Kier alpha value is 0.0800. The van der Waals surface area contributed by atoms with Crippen LogP contribution in [0.3, 0.4) is 0 Å². The van der Waals surface area contributed by atoms with Crippen LogP contribution in [-0.4, -0.2) is 60.2 Å². The number of ether oxygens (including phenoxy) is 1. The van der Waals surface area contributed by atoms with Gasteiger partial charge in [0.1, 0.15) is 0 Å². The van der Waals surface area contributed by atoms with E-state index in [0.717, 1.165) is 0 Å². The predicted molar refractivity (Wildman–Crippen MR) is 62.6 cm³/mol. The van der Waals surface area contributed by atoms with E-state index in [9.17, 15) is 8.42 Å². The van der Waals surface area contributed by atoms with E-state index >= 15 is 0 Å². The van der Waals surface area contributed by atoms with E-state index in [4.69, 9.17) is 4.74 Å². The molecule has 0 aromatic carbocycles. The highest BCUT2D eigenvalue weighted by Crippen LogP contribution is 1.91. The maximum atomic E-state index is 11.4. The molecule has 0 saturated heterocycles. The van der Waals surface area contributed by atoms with Crippen LogP contribution in [0.2, 0.25) is 0 Å². The highest BCUT2D eigenvalue weighted by atomic mass is 35.5. The zero-order chi connectivity index (χ0) is 11.0. The molecule has 0 aromatic heterocycles. The molecular formula is C7H20ClN3O3S. The summed E-state index contributed by atoms with van der Waals surface area (Å²) >= 11 is 0. The smallest absolute Gasteiger partial charge is 0.279 e. The Labute approximate surface area is 98.0 Å². The maximum absolute atomic E-state index is 11.4. The number of likely N-dealkylation sites (N-methyl/N-ethyl adjacent to an activating group) is 2. The van der Waals surface area contributed by atoms with Gasteiger partial charge in [0.2, 0.25) is 0 Å². The minimum atomic E-state index is -3.34. The molecule has 15 heavy (non-hydrogen) atoms. The van der Waals surface area contributed by atoms with Gasteiger partial charge in [0.25, 0.3) is 10.2 Å². The van der Waals surface area contributed by atoms with Crippen molar-refractivity contribution in [3.8, 4) is 0 Å². The van der Waals surface area contributed by atoms with Gasteiger partial charge in [0, 0.05) is 33.8 Å². The average Bonchev–Trinajstić information content (AvgIpc) is 2.14. The second kappa shape index (κ2) is 9.32. The first-order valence-corrected chi connectivity index (χ1v) is 5.83. The van der Waals surface area contributed by atoms with Gasteiger partial charge in [-0.3, -0.25) is 0 Å². The van der Waals surface area contributed by atoms with E-state index in [1.807, 2.05) is 0 Å². The van der Waals surface area contributed by atoms with Crippen molar-refractivity contribution in [2.24, 2.45) is 0 Å². The Morgan fingerprint density at radius 3 is 2.40 bits per heavy atom. The number of nitrogens with zero attached hydrogens (tertiary/aromatic N) is 1. The fraction of sp³-hybridized carbons (Fsp3) is 1.00. The quantitative estimate of drug-likeness (QED) is 0.552. The second-order valence-electron chi connectivity index (χ2n) is 2.82. The molecule has 0 fully saturated rings. The molecule has 0 amide bonds. The third-order valence-electron chi connectivity index (χ3n) is 1.68. The molecule has 0 aliphatic heterocycles. The van der Waals surface area contributed by atoms with E-state index < -0.39 is 10.2 Å². The Morgan fingerprint density at radius 1 is 1.33 bits per heavy atom. The molecule has 6 nitrogen and oxygen atoms in total. The summed E-state index contributed by atoms with van der Waals surface area (Å²) in [6, 6.07) is 0. The summed E-state index contributed by atoms with van der Waals surface area (Å²) < 4.78 is 31.3. The Bertz CT molecular complexity index is 236. The fourth-order valence-electron chi connectivity index (χ4n) is 0.755. The molecule has 0 spiro atoms. The van der Waals surface area contributed by atoms with Crippen LogP contribution in [0.4, 0.5) is 0 Å². The molecule has 2 N–H and O–H groups in total. The van der Waals surface area contributed by atoms with Gasteiger partial charge >= 0.3 is 0 Å². The molecule has 0 aliphatic carbocycles. The summed E-state index contributed by atoms with van der Waals surface area (Å²) in [7, 11) is 1.48. The number of nitrogens with one attached hydrogen (secondary N) is 2. The maximum Gasteiger partial charge on any atom is 0.279 e. The zero-order valence-corrected chi connectivity index (χ0v) is 10.9. The predicted octanol–water partition coefficient (Wildman–Crippen LogP) is -0.960. The van der Waals surface area contributed by atoms with Crippen LogP contribution in [0.5, 0.6) is 0 Å². The molecule has 94 valence electrons. The van der Waals surface area contributed by atoms with E-state index in [-0.39, 0.29) is 12.4 Å². The largest absolute Gasteiger partial charge is 0.383 e. The van der Waals surface area contributed by atoms with Gasteiger partial charge in [-0.25, -0.2) is 4.72 Å². The molecular weight excluding hydrogens is 242 g/mol. The highest BCUT2D eigenvalue weighted by Gasteiger charge is 2.15. The summed E-state index contributed by atoms with van der Waals surface area (Å²) in [6.07, 6.45) is 0. The summed E-state index contributed by atoms with van der Waals surface area (Å²) in [5.74, 6) is 0. The van der Waals surface area contributed by atoms with Crippen LogP contribution < -0.4 is 10.0 Å². The van der Waals surface area contributed by atoms with Gasteiger partial charge in [-0.1, -0.05) is 0 Å². The number of methoxy groups -OCH3 is 1. The monoisotopic (exact) mass is 261 g/mol. The van der Waals surface area contributed by atoms with Gasteiger partial charge in [-0.15, -0.1) is 12.4 Å². The van der Waals surface area contributed by atoms with Crippen LogP contribution >= 0.6 is 12.4 Å². The number of hydrogen-bond donors (Lipinski definition) is 2. The SMILES string of the molecule is CNCCNS(=O)(=O)N(C)CCOC.Cl. The van der Waals surface area contributed by atoms with Crippen molar-refractivity contribution in [1.82, 2.24) is 14.3 Å². The first-order chi connectivity index (χ1) is 6.54.